The zero-order chi connectivity index (χ0) is 15.5. The van der Waals surface area contributed by atoms with Crippen LogP contribution in [-0.2, 0) is 6.54 Å². The molecule has 0 fully saturated rings. The number of rotatable bonds is 4. The van der Waals surface area contributed by atoms with E-state index in [0.29, 0.717) is 17.0 Å². The molecule has 2 aromatic carbocycles. The molecule has 3 rings (SSSR count). The van der Waals surface area contributed by atoms with Crippen LogP contribution in [-0.4, -0.2) is 15.0 Å². The highest BCUT2D eigenvalue weighted by molar-refractivity contribution is 5.63. The minimum absolute atomic E-state index is 0.0661. The Morgan fingerprint density at radius 2 is 1.77 bits per heavy atom. The standard InChI is InChI=1S/C17H17FN4/c1-12(13-7-3-2-4-8-13)22-17(16(11-19)20-21-22)14-9-5-6-10-15(14)18/h2-10,12H,11,19H2,1H3. The van der Waals surface area contributed by atoms with Crippen LogP contribution in [0.2, 0.25) is 0 Å². The summed E-state index contributed by atoms with van der Waals surface area (Å²) >= 11 is 0. The second kappa shape index (κ2) is 6.07. The van der Waals surface area contributed by atoms with Crippen molar-refractivity contribution in [2.24, 2.45) is 5.73 Å². The summed E-state index contributed by atoms with van der Waals surface area (Å²) in [6.07, 6.45) is 0. The van der Waals surface area contributed by atoms with Crippen LogP contribution in [0.4, 0.5) is 4.39 Å². The molecule has 0 aliphatic rings. The molecular weight excluding hydrogens is 279 g/mol. The lowest BCUT2D eigenvalue weighted by Gasteiger charge is -2.16. The van der Waals surface area contributed by atoms with Gasteiger partial charge in [0.2, 0.25) is 0 Å². The van der Waals surface area contributed by atoms with Gasteiger partial charge in [-0.05, 0) is 24.6 Å². The summed E-state index contributed by atoms with van der Waals surface area (Å²) in [6.45, 7) is 2.22. The smallest absolute Gasteiger partial charge is 0.132 e. The van der Waals surface area contributed by atoms with Gasteiger partial charge in [-0.25, -0.2) is 9.07 Å². The first-order valence-electron chi connectivity index (χ1n) is 7.16. The van der Waals surface area contributed by atoms with Crippen LogP contribution in [0.3, 0.4) is 0 Å². The van der Waals surface area contributed by atoms with E-state index >= 15 is 0 Å². The third kappa shape index (κ3) is 2.51. The molecule has 22 heavy (non-hydrogen) atoms. The molecule has 3 aromatic rings. The van der Waals surface area contributed by atoms with Crippen molar-refractivity contribution < 1.29 is 4.39 Å². The first-order chi connectivity index (χ1) is 10.7. The monoisotopic (exact) mass is 296 g/mol. The molecule has 5 heteroatoms. The Hall–Kier alpha value is -2.53. The van der Waals surface area contributed by atoms with E-state index in [4.69, 9.17) is 5.73 Å². The quantitative estimate of drug-likeness (QED) is 0.804. The zero-order valence-corrected chi connectivity index (χ0v) is 12.3. The molecule has 0 saturated carbocycles. The van der Waals surface area contributed by atoms with Gasteiger partial charge in [-0.3, -0.25) is 0 Å². The predicted octanol–water partition coefficient (Wildman–Crippen LogP) is 3.15. The Kier molecular flexibility index (Phi) is 3.98. The molecule has 0 aliphatic carbocycles. The van der Waals surface area contributed by atoms with Gasteiger partial charge < -0.3 is 5.73 Å². The summed E-state index contributed by atoms with van der Waals surface area (Å²) in [5.41, 5.74) is 8.52. The van der Waals surface area contributed by atoms with Gasteiger partial charge in [0.05, 0.1) is 11.7 Å². The van der Waals surface area contributed by atoms with E-state index in [2.05, 4.69) is 10.3 Å². The number of benzene rings is 2. The highest BCUT2D eigenvalue weighted by Crippen LogP contribution is 2.29. The molecule has 0 radical (unpaired) electrons. The molecule has 0 amide bonds. The van der Waals surface area contributed by atoms with Crippen LogP contribution in [0.1, 0.15) is 24.2 Å². The van der Waals surface area contributed by atoms with Crippen LogP contribution in [0.15, 0.2) is 54.6 Å². The first kappa shape index (κ1) is 14.4. The van der Waals surface area contributed by atoms with Crippen LogP contribution in [0.25, 0.3) is 11.3 Å². The number of hydrogen-bond acceptors (Lipinski definition) is 3. The fourth-order valence-corrected chi connectivity index (χ4v) is 2.54. The van der Waals surface area contributed by atoms with Crippen molar-refractivity contribution in [3.05, 3.63) is 71.7 Å². The van der Waals surface area contributed by atoms with Crippen LogP contribution in [0, 0.1) is 5.82 Å². The molecule has 1 aromatic heterocycles. The van der Waals surface area contributed by atoms with E-state index in [1.165, 1.54) is 6.07 Å². The molecule has 0 saturated heterocycles. The SMILES string of the molecule is CC(c1ccccc1)n1nnc(CN)c1-c1ccccc1F. The highest BCUT2D eigenvalue weighted by Gasteiger charge is 2.21. The van der Waals surface area contributed by atoms with Gasteiger partial charge in [0.1, 0.15) is 11.5 Å². The summed E-state index contributed by atoms with van der Waals surface area (Å²) in [6, 6.07) is 16.5. The molecule has 0 aliphatic heterocycles. The normalized spacial score (nSPS) is 12.3. The Balaban J connectivity index is 2.14. The second-order valence-electron chi connectivity index (χ2n) is 5.10. The van der Waals surface area contributed by atoms with Crippen molar-refractivity contribution in [1.82, 2.24) is 15.0 Å². The lowest BCUT2D eigenvalue weighted by molar-refractivity contribution is 0.545. The molecule has 1 unspecified atom stereocenters. The Morgan fingerprint density at radius 1 is 1.09 bits per heavy atom. The van der Waals surface area contributed by atoms with Crippen LogP contribution in [0.5, 0.6) is 0 Å². The molecule has 1 atom stereocenters. The molecule has 2 N–H and O–H groups in total. The van der Waals surface area contributed by atoms with Crippen molar-refractivity contribution in [2.75, 3.05) is 0 Å². The van der Waals surface area contributed by atoms with E-state index in [1.54, 1.807) is 22.9 Å². The Labute approximate surface area is 128 Å². The summed E-state index contributed by atoms with van der Waals surface area (Å²) in [7, 11) is 0. The van der Waals surface area contributed by atoms with Gasteiger partial charge in [0.15, 0.2) is 0 Å². The van der Waals surface area contributed by atoms with Gasteiger partial charge in [0.25, 0.3) is 0 Å². The third-order valence-corrected chi connectivity index (χ3v) is 3.74. The van der Waals surface area contributed by atoms with Gasteiger partial charge >= 0.3 is 0 Å². The third-order valence-electron chi connectivity index (χ3n) is 3.74. The molecular formula is C17H17FN4. The van der Waals surface area contributed by atoms with Crippen LogP contribution >= 0.6 is 0 Å². The fraction of sp³-hybridized carbons (Fsp3) is 0.176. The lowest BCUT2D eigenvalue weighted by Crippen LogP contribution is -2.11. The van der Waals surface area contributed by atoms with Gasteiger partial charge in [0, 0.05) is 12.1 Å². The fourth-order valence-electron chi connectivity index (χ4n) is 2.54. The topological polar surface area (TPSA) is 56.7 Å². The number of nitrogens with two attached hydrogens (primary N) is 1. The van der Waals surface area contributed by atoms with Gasteiger partial charge in [-0.2, -0.15) is 0 Å². The van der Waals surface area contributed by atoms with E-state index in [9.17, 15) is 4.39 Å². The summed E-state index contributed by atoms with van der Waals surface area (Å²) in [5.74, 6) is -0.305. The average molecular weight is 296 g/mol. The molecule has 0 bridgehead atoms. The van der Waals surface area contributed by atoms with E-state index in [-0.39, 0.29) is 18.4 Å². The van der Waals surface area contributed by atoms with Crippen molar-refractivity contribution in [2.45, 2.75) is 19.5 Å². The minimum Gasteiger partial charge on any atom is -0.325 e. The molecule has 0 spiro atoms. The maximum absolute atomic E-state index is 14.2. The summed E-state index contributed by atoms with van der Waals surface area (Å²) in [5, 5.41) is 8.32. The molecule has 1 heterocycles. The van der Waals surface area contributed by atoms with Crippen molar-refractivity contribution in [3.8, 4) is 11.3 Å². The van der Waals surface area contributed by atoms with Crippen molar-refractivity contribution >= 4 is 0 Å². The van der Waals surface area contributed by atoms with Crippen molar-refractivity contribution in [3.63, 3.8) is 0 Å². The van der Waals surface area contributed by atoms with Crippen LogP contribution < -0.4 is 5.73 Å². The lowest BCUT2D eigenvalue weighted by atomic mass is 10.1. The first-order valence-corrected chi connectivity index (χ1v) is 7.16. The van der Waals surface area contributed by atoms with Crippen molar-refractivity contribution in [1.29, 1.82) is 0 Å². The summed E-state index contributed by atoms with van der Waals surface area (Å²) < 4.78 is 15.9. The maximum Gasteiger partial charge on any atom is 0.132 e. The molecule has 4 nitrogen and oxygen atoms in total. The highest BCUT2D eigenvalue weighted by atomic mass is 19.1. The van der Waals surface area contributed by atoms with E-state index in [0.717, 1.165) is 5.56 Å². The maximum atomic E-state index is 14.2. The number of halogens is 1. The number of hydrogen-bond donors (Lipinski definition) is 1. The zero-order valence-electron chi connectivity index (χ0n) is 12.3. The average Bonchev–Trinajstić information content (AvgIpc) is 2.99. The number of aromatic nitrogens is 3. The summed E-state index contributed by atoms with van der Waals surface area (Å²) in [4.78, 5) is 0. The predicted molar refractivity (Wildman–Crippen MR) is 83.6 cm³/mol. The van der Waals surface area contributed by atoms with Gasteiger partial charge in [-0.1, -0.05) is 47.7 Å². The minimum atomic E-state index is -0.305. The van der Waals surface area contributed by atoms with Gasteiger partial charge in [-0.15, -0.1) is 5.10 Å². The Morgan fingerprint density at radius 3 is 2.45 bits per heavy atom. The molecule has 112 valence electrons. The second-order valence-corrected chi connectivity index (χ2v) is 5.10. The number of nitrogens with zero attached hydrogens (tertiary/aromatic N) is 3. The van der Waals surface area contributed by atoms with E-state index in [1.807, 2.05) is 37.3 Å². The Bertz CT molecular complexity index is 767. The van der Waals surface area contributed by atoms with E-state index < -0.39 is 0 Å². The largest absolute Gasteiger partial charge is 0.325 e.